The quantitative estimate of drug-likeness (QED) is 0.337. The SMILES string of the molecule is CC(=O)N[C@@H](Cc1ccc(F)c(Br)c1)[C@@H](O)CN[C@H]1CC2(CCC2)Nc2ccc(CC(C)(C)C)cc21. The summed E-state index contributed by atoms with van der Waals surface area (Å²) in [7, 11) is 0. The molecule has 1 aliphatic heterocycles. The van der Waals surface area contributed by atoms with Crippen LogP contribution in [-0.4, -0.2) is 35.2 Å². The number of rotatable bonds is 8. The summed E-state index contributed by atoms with van der Waals surface area (Å²) in [6.45, 7) is 8.55. The molecule has 1 heterocycles. The Morgan fingerprint density at radius 1 is 1.22 bits per heavy atom. The molecule has 36 heavy (non-hydrogen) atoms. The zero-order valence-corrected chi connectivity index (χ0v) is 23.3. The molecule has 3 atom stereocenters. The first kappa shape index (κ1) is 27.1. The number of anilines is 1. The van der Waals surface area contributed by atoms with E-state index < -0.39 is 12.1 Å². The Kier molecular flexibility index (Phi) is 8.13. The number of halogens is 2. The smallest absolute Gasteiger partial charge is 0.217 e. The summed E-state index contributed by atoms with van der Waals surface area (Å²) < 4.78 is 14.1. The average molecular weight is 561 g/mol. The predicted molar refractivity (Wildman–Crippen MR) is 147 cm³/mol. The lowest BCUT2D eigenvalue weighted by Crippen LogP contribution is -2.53. The average Bonchev–Trinajstić information content (AvgIpc) is 2.76. The van der Waals surface area contributed by atoms with Gasteiger partial charge >= 0.3 is 0 Å². The highest BCUT2D eigenvalue weighted by atomic mass is 79.9. The third-order valence-corrected chi connectivity index (χ3v) is 8.01. The van der Waals surface area contributed by atoms with Crippen LogP contribution in [0.3, 0.4) is 0 Å². The summed E-state index contributed by atoms with van der Waals surface area (Å²) in [6, 6.07) is 11.2. The van der Waals surface area contributed by atoms with Gasteiger partial charge in [-0.3, -0.25) is 4.79 Å². The molecule has 4 rings (SSSR count). The van der Waals surface area contributed by atoms with Crippen LogP contribution in [-0.2, 0) is 17.6 Å². The van der Waals surface area contributed by atoms with Gasteiger partial charge in [-0.25, -0.2) is 4.39 Å². The number of carbonyl (C=O) groups excluding carboxylic acids is 1. The van der Waals surface area contributed by atoms with Gasteiger partial charge in [0.2, 0.25) is 5.91 Å². The van der Waals surface area contributed by atoms with Crippen LogP contribution < -0.4 is 16.0 Å². The van der Waals surface area contributed by atoms with Crippen LogP contribution in [0.5, 0.6) is 0 Å². The van der Waals surface area contributed by atoms with E-state index in [0.717, 1.165) is 31.2 Å². The molecule has 0 bridgehead atoms. The molecule has 1 spiro atoms. The lowest BCUT2D eigenvalue weighted by molar-refractivity contribution is -0.120. The maximum atomic E-state index is 13.7. The Labute approximate surface area is 222 Å². The van der Waals surface area contributed by atoms with Crippen molar-refractivity contribution in [3.63, 3.8) is 0 Å². The second kappa shape index (κ2) is 10.8. The molecule has 0 saturated heterocycles. The van der Waals surface area contributed by atoms with Gasteiger partial charge in [0.25, 0.3) is 0 Å². The van der Waals surface area contributed by atoms with Crippen LogP contribution in [0.1, 0.15) is 76.1 Å². The van der Waals surface area contributed by atoms with Gasteiger partial charge in [-0.05, 0) is 94.8 Å². The zero-order valence-electron chi connectivity index (χ0n) is 21.8. The van der Waals surface area contributed by atoms with E-state index in [4.69, 9.17) is 0 Å². The molecule has 0 radical (unpaired) electrons. The number of aliphatic hydroxyl groups is 1. The number of hydrogen-bond acceptors (Lipinski definition) is 4. The van der Waals surface area contributed by atoms with Gasteiger partial charge in [-0.1, -0.05) is 39.0 Å². The number of nitrogens with one attached hydrogen (secondary N) is 3. The fourth-order valence-corrected chi connectivity index (χ4v) is 5.99. The van der Waals surface area contributed by atoms with Crippen molar-refractivity contribution < 1.29 is 14.3 Å². The molecule has 2 aliphatic rings. The van der Waals surface area contributed by atoms with E-state index in [0.29, 0.717) is 17.4 Å². The standard InChI is InChI=1S/C29H39BrFN3O2/c1-18(35)33-25(14-19-6-8-23(31)22(30)13-19)27(36)17-32-26-16-29(10-5-11-29)34-24-9-7-20(12-21(24)26)15-28(2,3)4/h6-9,12-13,25-27,32,34,36H,5,10-11,14-17H2,1-4H3,(H,33,35)/t25-,26-,27-/m0/s1. The van der Waals surface area contributed by atoms with E-state index >= 15 is 0 Å². The Morgan fingerprint density at radius 3 is 2.56 bits per heavy atom. The van der Waals surface area contributed by atoms with Crippen LogP contribution in [0, 0.1) is 11.2 Å². The van der Waals surface area contributed by atoms with E-state index in [1.807, 2.05) is 0 Å². The molecule has 1 aliphatic carbocycles. The molecule has 0 aromatic heterocycles. The number of carbonyl (C=O) groups is 1. The molecule has 4 N–H and O–H groups in total. The summed E-state index contributed by atoms with van der Waals surface area (Å²) in [4.78, 5) is 11.9. The van der Waals surface area contributed by atoms with E-state index in [2.05, 4.69) is 70.9 Å². The van der Waals surface area contributed by atoms with Crippen molar-refractivity contribution in [3.05, 3.63) is 63.4 Å². The molecule has 1 fully saturated rings. The van der Waals surface area contributed by atoms with Gasteiger partial charge in [0, 0.05) is 30.7 Å². The van der Waals surface area contributed by atoms with Gasteiger partial charge in [0.05, 0.1) is 16.6 Å². The zero-order chi connectivity index (χ0) is 26.1. The highest BCUT2D eigenvalue weighted by Crippen LogP contribution is 2.47. The maximum Gasteiger partial charge on any atom is 0.217 e. The van der Waals surface area contributed by atoms with Crippen molar-refractivity contribution in [2.75, 3.05) is 11.9 Å². The highest BCUT2D eigenvalue weighted by Gasteiger charge is 2.43. The van der Waals surface area contributed by atoms with Gasteiger partial charge in [0.15, 0.2) is 0 Å². The largest absolute Gasteiger partial charge is 0.390 e. The van der Waals surface area contributed by atoms with Crippen molar-refractivity contribution in [1.29, 1.82) is 0 Å². The Balaban J connectivity index is 1.50. The second-order valence-corrected chi connectivity index (χ2v) is 12.8. The Bertz CT molecular complexity index is 1100. The van der Waals surface area contributed by atoms with E-state index in [1.54, 1.807) is 12.1 Å². The molecule has 7 heteroatoms. The molecule has 1 saturated carbocycles. The van der Waals surface area contributed by atoms with Crippen molar-refractivity contribution in [1.82, 2.24) is 10.6 Å². The summed E-state index contributed by atoms with van der Waals surface area (Å²) >= 11 is 3.23. The number of fused-ring (bicyclic) bond motifs is 1. The van der Waals surface area contributed by atoms with E-state index in [1.165, 1.54) is 36.2 Å². The second-order valence-electron chi connectivity index (χ2n) is 11.9. The highest BCUT2D eigenvalue weighted by molar-refractivity contribution is 9.10. The number of hydrogen-bond donors (Lipinski definition) is 4. The molecule has 196 valence electrons. The third kappa shape index (κ3) is 6.67. The summed E-state index contributed by atoms with van der Waals surface area (Å²) in [5, 5.41) is 21.5. The van der Waals surface area contributed by atoms with Crippen LogP contribution in [0.25, 0.3) is 0 Å². The van der Waals surface area contributed by atoms with E-state index in [-0.39, 0.29) is 28.7 Å². The van der Waals surface area contributed by atoms with Crippen LogP contribution >= 0.6 is 15.9 Å². The number of benzene rings is 2. The summed E-state index contributed by atoms with van der Waals surface area (Å²) in [5.41, 5.74) is 4.91. The predicted octanol–water partition coefficient (Wildman–Crippen LogP) is 5.65. The van der Waals surface area contributed by atoms with Crippen molar-refractivity contribution in [2.24, 2.45) is 5.41 Å². The molecule has 0 unspecified atom stereocenters. The maximum absolute atomic E-state index is 13.7. The first-order valence-corrected chi connectivity index (χ1v) is 13.8. The molecule has 2 aromatic carbocycles. The fraction of sp³-hybridized carbons (Fsp3) is 0.552. The van der Waals surface area contributed by atoms with Gasteiger partial charge in [-0.2, -0.15) is 0 Å². The number of aliphatic hydroxyl groups excluding tert-OH is 1. The van der Waals surface area contributed by atoms with Crippen LogP contribution in [0.15, 0.2) is 40.9 Å². The molecule has 2 aromatic rings. The normalized spacial score (nSPS) is 20.1. The Morgan fingerprint density at radius 2 is 1.94 bits per heavy atom. The molecule has 5 nitrogen and oxygen atoms in total. The minimum absolute atomic E-state index is 0.120. The van der Waals surface area contributed by atoms with Gasteiger partial charge < -0.3 is 21.1 Å². The molecular weight excluding hydrogens is 521 g/mol. The van der Waals surface area contributed by atoms with Crippen LogP contribution in [0.4, 0.5) is 10.1 Å². The molecular formula is C29H39BrFN3O2. The summed E-state index contributed by atoms with van der Waals surface area (Å²) in [5.74, 6) is -0.537. The van der Waals surface area contributed by atoms with Crippen molar-refractivity contribution in [3.8, 4) is 0 Å². The van der Waals surface area contributed by atoms with Gasteiger partial charge in [0.1, 0.15) is 5.82 Å². The van der Waals surface area contributed by atoms with Crippen molar-refractivity contribution >= 4 is 27.5 Å². The topological polar surface area (TPSA) is 73.4 Å². The fourth-order valence-electron chi connectivity index (χ4n) is 5.56. The third-order valence-electron chi connectivity index (χ3n) is 7.40. The summed E-state index contributed by atoms with van der Waals surface area (Å²) in [6.07, 6.45) is 5.13. The minimum atomic E-state index is -0.800. The van der Waals surface area contributed by atoms with Crippen molar-refractivity contribution in [2.45, 2.75) is 89.9 Å². The first-order chi connectivity index (χ1) is 16.9. The molecule has 1 amide bonds. The lowest BCUT2D eigenvalue weighted by Gasteiger charge is -2.50. The monoisotopic (exact) mass is 559 g/mol. The van der Waals surface area contributed by atoms with Crippen LogP contribution in [0.2, 0.25) is 0 Å². The lowest BCUT2D eigenvalue weighted by atomic mass is 9.69. The number of amides is 1. The first-order valence-electron chi connectivity index (χ1n) is 13.0. The minimum Gasteiger partial charge on any atom is -0.390 e. The van der Waals surface area contributed by atoms with E-state index in [9.17, 15) is 14.3 Å². The van der Waals surface area contributed by atoms with Gasteiger partial charge in [-0.15, -0.1) is 0 Å². The Hall–Kier alpha value is -1.96.